The number of nitrogens with two attached hydrogens (primary N) is 1. The van der Waals surface area contributed by atoms with E-state index in [1.807, 2.05) is 30.3 Å². The molecule has 0 aliphatic carbocycles. The molecule has 1 aromatic carbocycles. The zero-order chi connectivity index (χ0) is 13.1. The summed E-state index contributed by atoms with van der Waals surface area (Å²) in [7, 11) is 0. The molecule has 18 heavy (non-hydrogen) atoms. The molecule has 2 atom stereocenters. The van der Waals surface area contributed by atoms with E-state index in [4.69, 9.17) is 10.8 Å². The summed E-state index contributed by atoms with van der Waals surface area (Å²) in [5.74, 6) is -0.821. The van der Waals surface area contributed by atoms with Crippen molar-refractivity contribution in [3.05, 3.63) is 35.9 Å². The van der Waals surface area contributed by atoms with Gasteiger partial charge in [0.05, 0.1) is 6.04 Å². The summed E-state index contributed by atoms with van der Waals surface area (Å²) in [6.45, 7) is -0.320. The number of carbonyl (C=O) groups is 2. The average Bonchev–Trinajstić information content (AvgIpc) is 2.36. The van der Waals surface area contributed by atoms with Crippen molar-refractivity contribution in [1.29, 1.82) is 0 Å². The predicted octanol–water partition coefficient (Wildman–Crippen LogP) is 0.672. The van der Waals surface area contributed by atoms with E-state index in [-0.39, 0.29) is 17.8 Å². The minimum absolute atomic E-state index is 0.269. The second-order valence-electron chi connectivity index (χ2n) is 4.06. The van der Waals surface area contributed by atoms with Crippen LogP contribution in [0.3, 0.4) is 0 Å². The smallest absolute Gasteiger partial charge is 0.323 e. The first-order valence-corrected chi connectivity index (χ1v) is 6.59. The van der Waals surface area contributed by atoms with Gasteiger partial charge >= 0.3 is 5.97 Å². The summed E-state index contributed by atoms with van der Waals surface area (Å²) in [5.41, 5.74) is 6.60. The van der Waals surface area contributed by atoms with Gasteiger partial charge in [-0.25, -0.2) is 0 Å². The van der Waals surface area contributed by atoms with Crippen LogP contribution in [0.1, 0.15) is 10.9 Å². The molecule has 3 N–H and O–H groups in total. The molecule has 1 aromatic rings. The van der Waals surface area contributed by atoms with Crippen molar-refractivity contribution in [3.8, 4) is 0 Å². The fraction of sp³-hybridized carbons (Fsp3) is 0.333. The molecular weight excluding hydrogens is 252 g/mol. The molecular formula is C12H14N2O3S. The van der Waals surface area contributed by atoms with Crippen LogP contribution >= 0.6 is 11.8 Å². The van der Waals surface area contributed by atoms with Crippen LogP contribution in [0.25, 0.3) is 0 Å². The Labute approximate surface area is 109 Å². The summed E-state index contributed by atoms with van der Waals surface area (Å²) in [5, 5.41) is 8.62. The minimum Gasteiger partial charge on any atom is -0.480 e. The average molecular weight is 266 g/mol. The molecule has 1 aliphatic rings. The standard InChI is InChI=1S/C12H14N2O3S/c13-9-7-18-12(8-4-2-1-3-5-8)14(11(9)17)6-10(15)16/h1-5,9,12H,6-7,13H2,(H,15,16)/t9-,12?/m0/s1. The van der Waals surface area contributed by atoms with Crippen molar-refractivity contribution in [2.24, 2.45) is 5.73 Å². The lowest BCUT2D eigenvalue weighted by Crippen LogP contribution is -2.51. The predicted molar refractivity (Wildman–Crippen MR) is 69.0 cm³/mol. The number of aliphatic carboxylic acids is 1. The Kier molecular flexibility index (Phi) is 3.88. The van der Waals surface area contributed by atoms with Crippen LogP contribution < -0.4 is 5.73 Å². The second-order valence-corrected chi connectivity index (χ2v) is 5.18. The zero-order valence-corrected chi connectivity index (χ0v) is 10.5. The quantitative estimate of drug-likeness (QED) is 0.840. The Bertz CT molecular complexity index is 452. The number of carboxylic acids is 1. The molecule has 1 amide bonds. The van der Waals surface area contributed by atoms with E-state index < -0.39 is 12.0 Å². The van der Waals surface area contributed by atoms with Gasteiger partial charge in [-0.1, -0.05) is 30.3 Å². The van der Waals surface area contributed by atoms with Crippen molar-refractivity contribution in [2.75, 3.05) is 12.3 Å². The Morgan fingerprint density at radius 3 is 2.72 bits per heavy atom. The number of carbonyl (C=O) groups excluding carboxylic acids is 1. The lowest BCUT2D eigenvalue weighted by atomic mass is 10.2. The molecule has 1 unspecified atom stereocenters. The van der Waals surface area contributed by atoms with Gasteiger partial charge in [-0.3, -0.25) is 9.59 Å². The highest BCUT2D eigenvalue weighted by Gasteiger charge is 2.35. The minimum atomic E-state index is -1.03. The zero-order valence-electron chi connectivity index (χ0n) is 9.65. The van der Waals surface area contributed by atoms with Crippen LogP contribution in [0.5, 0.6) is 0 Å². The number of hydrogen-bond acceptors (Lipinski definition) is 4. The summed E-state index contributed by atoms with van der Waals surface area (Å²) in [6, 6.07) is 8.77. The Hall–Kier alpha value is -1.53. The third-order valence-corrected chi connectivity index (χ3v) is 4.10. The maximum Gasteiger partial charge on any atom is 0.323 e. The van der Waals surface area contributed by atoms with Crippen molar-refractivity contribution >= 4 is 23.6 Å². The molecule has 1 saturated heterocycles. The number of rotatable bonds is 3. The second kappa shape index (κ2) is 5.41. The number of benzene rings is 1. The number of thioether (sulfide) groups is 1. The van der Waals surface area contributed by atoms with Gasteiger partial charge in [0.2, 0.25) is 5.91 Å². The third kappa shape index (κ3) is 2.65. The molecule has 5 nitrogen and oxygen atoms in total. The fourth-order valence-electron chi connectivity index (χ4n) is 1.89. The molecule has 0 bridgehead atoms. The van der Waals surface area contributed by atoms with E-state index in [0.29, 0.717) is 5.75 Å². The van der Waals surface area contributed by atoms with E-state index in [1.54, 1.807) is 0 Å². The molecule has 0 radical (unpaired) electrons. The molecule has 2 rings (SSSR count). The normalized spacial score (nSPS) is 24.1. The summed E-state index contributed by atoms with van der Waals surface area (Å²) in [6.07, 6.45) is 0. The first-order chi connectivity index (χ1) is 8.59. The van der Waals surface area contributed by atoms with Gasteiger partial charge in [-0.05, 0) is 5.56 Å². The summed E-state index contributed by atoms with van der Waals surface area (Å²) >= 11 is 1.49. The molecule has 1 aliphatic heterocycles. The molecule has 0 saturated carbocycles. The van der Waals surface area contributed by atoms with Crippen molar-refractivity contribution in [2.45, 2.75) is 11.4 Å². The van der Waals surface area contributed by atoms with Gasteiger partial charge < -0.3 is 15.7 Å². The first kappa shape index (κ1) is 12.9. The monoisotopic (exact) mass is 266 g/mol. The van der Waals surface area contributed by atoms with E-state index in [2.05, 4.69) is 0 Å². The molecule has 0 aromatic heterocycles. The van der Waals surface area contributed by atoms with Gasteiger partial charge in [0.1, 0.15) is 11.9 Å². The first-order valence-electron chi connectivity index (χ1n) is 5.54. The van der Waals surface area contributed by atoms with Crippen molar-refractivity contribution < 1.29 is 14.7 Å². The molecule has 1 heterocycles. The van der Waals surface area contributed by atoms with E-state index in [0.717, 1.165) is 5.56 Å². The molecule has 96 valence electrons. The summed E-state index contributed by atoms with van der Waals surface area (Å²) in [4.78, 5) is 24.2. The summed E-state index contributed by atoms with van der Waals surface area (Å²) < 4.78 is 0. The Morgan fingerprint density at radius 2 is 2.11 bits per heavy atom. The van der Waals surface area contributed by atoms with E-state index in [1.165, 1.54) is 16.7 Å². The van der Waals surface area contributed by atoms with Crippen LogP contribution in [0.4, 0.5) is 0 Å². The van der Waals surface area contributed by atoms with Crippen LogP contribution in [0, 0.1) is 0 Å². The van der Waals surface area contributed by atoms with Crippen LogP contribution in [0.15, 0.2) is 30.3 Å². The van der Waals surface area contributed by atoms with E-state index >= 15 is 0 Å². The van der Waals surface area contributed by atoms with Gasteiger partial charge in [0.15, 0.2) is 0 Å². The maximum atomic E-state index is 12.0. The lowest BCUT2D eigenvalue weighted by Gasteiger charge is -2.36. The third-order valence-electron chi connectivity index (χ3n) is 2.71. The SMILES string of the molecule is N[C@H]1CSC(c2ccccc2)N(CC(=O)O)C1=O. The van der Waals surface area contributed by atoms with Gasteiger partial charge in [-0.15, -0.1) is 11.8 Å². The van der Waals surface area contributed by atoms with Gasteiger partial charge in [0.25, 0.3) is 0 Å². The topological polar surface area (TPSA) is 83.6 Å². The van der Waals surface area contributed by atoms with Crippen molar-refractivity contribution in [3.63, 3.8) is 0 Å². The lowest BCUT2D eigenvalue weighted by molar-refractivity contribution is -0.145. The van der Waals surface area contributed by atoms with Gasteiger partial charge in [-0.2, -0.15) is 0 Å². The Balaban J connectivity index is 2.27. The maximum absolute atomic E-state index is 12.0. The highest BCUT2D eigenvalue weighted by atomic mass is 32.2. The van der Waals surface area contributed by atoms with Crippen molar-refractivity contribution in [1.82, 2.24) is 4.90 Å². The molecule has 1 fully saturated rings. The highest BCUT2D eigenvalue weighted by molar-refractivity contribution is 7.99. The number of nitrogens with zero attached hydrogens (tertiary/aromatic N) is 1. The van der Waals surface area contributed by atoms with Gasteiger partial charge in [0, 0.05) is 5.75 Å². The number of amides is 1. The highest BCUT2D eigenvalue weighted by Crippen LogP contribution is 2.36. The van der Waals surface area contributed by atoms with E-state index in [9.17, 15) is 9.59 Å². The molecule has 0 spiro atoms. The fourth-order valence-corrected chi connectivity index (χ4v) is 3.13. The van der Waals surface area contributed by atoms with Crippen LogP contribution in [0.2, 0.25) is 0 Å². The van der Waals surface area contributed by atoms with Crippen LogP contribution in [-0.4, -0.2) is 40.2 Å². The number of hydrogen-bond donors (Lipinski definition) is 2. The molecule has 6 heteroatoms. The van der Waals surface area contributed by atoms with Crippen LogP contribution in [-0.2, 0) is 9.59 Å². The Morgan fingerprint density at radius 1 is 1.44 bits per heavy atom. The number of carboxylic acid groups (broad SMARTS) is 1. The largest absolute Gasteiger partial charge is 0.480 e.